The smallest absolute Gasteiger partial charge is 0.406 e. The molecule has 1 aromatic carbocycles. The van der Waals surface area contributed by atoms with Gasteiger partial charge in [-0.05, 0) is 30.5 Å². The van der Waals surface area contributed by atoms with Gasteiger partial charge in [-0.2, -0.15) is 0 Å². The third-order valence-electron chi connectivity index (χ3n) is 3.13. The van der Waals surface area contributed by atoms with Crippen molar-refractivity contribution in [1.29, 1.82) is 0 Å². The maximum Gasteiger partial charge on any atom is 0.573 e. The van der Waals surface area contributed by atoms with Gasteiger partial charge < -0.3 is 10.1 Å². The van der Waals surface area contributed by atoms with Crippen LogP contribution in [0.4, 0.5) is 13.2 Å². The lowest BCUT2D eigenvalue weighted by atomic mass is 10.1. The van der Waals surface area contributed by atoms with Crippen molar-refractivity contribution in [3.63, 3.8) is 0 Å². The maximum absolute atomic E-state index is 12.2. The number of thiazole rings is 1. The van der Waals surface area contributed by atoms with Crippen molar-refractivity contribution in [3.05, 3.63) is 46.4 Å². The van der Waals surface area contributed by atoms with Crippen LogP contribution in [0.2, 0.25) is 0 Å². The number of nitrogens with zero attached hydrogens (tertiary/aromatic N) is 1. The van der Waals surface area contributed by atoms with E-state index in [1.165, 1.54) is 23.5 Å². The largest absolute Gasteiger partial charge is 0.573 e. The molecule has 0 spiro atoms. The summed E-state index contributed by atoms with van der Waals surface area (Å²) in [6.07, 6.45) is -0.695. The average molecular weight is 314 g/mol. The molecule has 1 atom stereocenters. The Balaban J connectivity index is 1.79. The predicted molar refractivity (Wildman–Crippen MR) is 73.2 cm³/mol. The Morgan fingerprint density at radius 3 is 2.48 bits per heavy atom. The molecule has 0 aliphatic heterocycles. The van der Waals surface area contributed by atoms with Crippen molar-refractivity contribution in [2.24, 2.45) is 0 Å². The Morgan fingerprint density at radius 1 is 1.24 bits per heavy atom. The Kier molecular flexibility index (Phi) is 3.86. The maximum atomic E-state index is 12.2. The van der Waals surface area contributed by atoms with Crippen LogP contribution in [0.5, 0.6) is 5.75 Å². The first kappa shape index (κ1) is 14.3. The lowest BCUT2D eigenvalue weighted by Crippen LogP contribution is -2.24. The van der Waals surface area contributed by atoms with Gasteiger partial charge in [0.05, 0.1) is 6.04 Å². The van der Waals surface area contributed by atoms with Crippen LogP contribution in [-0.2, 0) is 0 Å². The highest BCUT2D eigenvalue weighted by Gasteiger charge is 2.31. The summed E-state index contributed by atoms with van der Waals surface area (Å²) in [5.41, 5.74) is 0.881. The second-order valence-corrected chi connectivity index (χ2v) is 5.79. The van der Waals surface area contributed by atoms with Crippen LogP contribution in [0.1, 0.15) is 29.5 Å². The number of aromatic nitrogens is 1. The fraction of sp³-hybridized carbons (Fsp3) is 0.357. The van der Waals surface area contributed by atoms with Crippen molar-refractivity contribution in [2.75, 3.05) is 0 Å². The summed E-state index contributed by atoms with van der Waals surface area (Å²) in [6.45, 7) is 0. The Hall–Kier alpha value is -1.60. The predicted octanol–water partition coefficient (Wildman–Crippen LogP) is 3.88. The molecule has 112 valence electrons. The van der Waals surface area contributed by atoms with Crippen molar-refractivity contribution < 1.29 is 17.9 Å². The monoisotopic (exact) mass is 314 g/mol. The van der Waals surface area contributed by atoms with E-state index >= 15 is 0 Å². The van der Waals surface area contributed by atoms with Crippen molar-refractivity contribution in [1.82, 2.24) is 10.3 Å². The van der Waals surface area contributed by atoms with E-state index in [-0.39, 0.29) is 11.8 Å². The average Bonchev–Trinajstić information content (AvgIpc) is 3.08. The number of alkyl halides is 3. The molecule has 21 heavy (non-hydrogen) atoms. The number of rotatable bonds is 5. The van der Waals surface area contributed by atoms with Gasteiger partial charge >= 0.3 is 6.36 Å². The van der Waals surface area contributed by atoms with Crippen LogP contribution in [0.25, 0.3) is 0 Å². The Bertz CT molecular complexity index is 579. The highest BCUT2D eigenvalue weighted by atomic mass is 32.1. The molecule has 1 aliphatic rings. The SMILES string of the molecule is FC(F)(F)Oc1ccc(C(NC2CC2)c2nccs2)cc1. The van der Waals surface area contributed by atoms with Crippen LogP contribution >= 0.6 is 11.3 Å². The zero-order valence-corrected chi connectivity index (χ0v) is 11.7. The summed E-state index contributed by atoms with van der Waals surface area (Å²) in [4.78, 5) is 4.30. The van der Waals surface area contributed by atoms with Crippen molar-refractivity contribution in [2.45, 2.75) is 31.3 Å². The van der Waals surface area contributed by atoms with E-state index in [1.54, 1.807) is 18.3 Å². The van der Waals surface area contributed by atoms with Crippen LogP contribution in [0.3, 0.4) is 0 Å². The minimum absolute atomic E-state index is 0.0857. The van der Waals surface area contributed by atoms with Gasteiger partial charge in [-0.25, -0.2) is 4.98 Å². The van der Waals surface area contributed by atoms with E-state index < -0.39 is 6.36 Å². The minimum Gasteiger partial charge on any atom is -0.406 e. The molecule has 3 nitrogen and oxygen atoms in total. The summed E-state index contributed by atoms with van der Waals surface area (Å²) >= 11 is 1.52. The summed E-state index contributed by atoms with van der Waals surface area (Å²) in [5.74, 6) is -0.212. The van der Waals surface area contributed by atoms with E-state index in [2.05, 4.69) is 15.0 Å². The van der Waals surface area contributed by atoms with Gasteiger partial charge in [-0.15, -0.1) is 24.5 Å². The summed E-state index contributed by atoms with van der Waals surface area (Å²) in [7, 11) is 0. The number of hydrogen-bond acceptors (Lipinski definition) is 4. The molecule has 1 aliphatic carbocycles. The van der Waals surface area contributed by atoms with Gasteiger partial charge in [0.15, 0.2) is 0 Å². The van der Waals surface area contributed by atoms with Gasteiger partial charge in [0.2, 0.25) is 0 Å². The normalized spacial score (nSPS) is 16.7. The molecule has 1 heterocycles. The summed E-state index contributed by atoms with van der Waals surface area (Å²) in [6, 6.07) is 6.32. The third kappa shape index (κ3) is 3.95. The summed E-state index contributed by atoms with van der Waals surface area (Å²) < 4.78 is 40.4. The Labute approximate surface area is 123 Å². The third-order valence-corrected chi connectivity index (χ3v) is 3.97. The van der Waals surface area contributed by atoms with Gasteiger partial charge in [-0.1, -0.05) is 12.1 Å². The van der Waals surface area contributed by atoms with Gasteiger partial charge in [-0.3, -0.25) is 0 Å². The first-order valence-corrected chi connectivity index (χ1v) is 7.40. The molecule has 2 aromatic rings. The second-order valence-electron chi connectivity index (χ2n) is 4.86. The second kappa shape index (κ2) is 5.65. The molecule has 1 fully saturated rings. The van der Waals surface area contributed by atoms with Gasteiger partial charge in [0.25, 0.3) is 0 Å². The molecule has 7 heteroatoms. The van der Waals surface area contributed by atoms with E-state index in [4.69, 9.17) is 0 Å². The number of hydrogen-bond donors (Lipinski definition) is 1. The molecule has 0 saturated heterocycles. The van der Waals surface area contributed by atoms with Crippen LogP contribution in [0, 0.1) is 0 Å². The first-order chi connectivity index (χ1) is 10.0. The fourth-order valence-corrected chi connectivity index (χ4v) is 2.76. The quantitative estimate of drug-likeness (QED) is 0.909. The molecule has 0 radical (unpaired) electrons. The van der Waals surface area contributed by atoms with E-state index in [0.717, 1.165) is 23.4 Å². The van der Waals surface area contributed by atoms with E-state index in [0.29, 0.717) is 6.04 Å². The van der Waals surface area contributed by atoms with E-state index in [9.17, 15) is 13.2 Å². The van der Waals surface area contributed by atoms with Crippen LogP contribution in [-0.4, -0.2) is 17.4 Å². The molecule has 1 saturated carbocycles. The number of nitrogens with one attached hydrogen (secondary N) is 1. The molecule has 1 unspecified atom stereocenters. The lowest BCUT2D eigenvalue weighted by molar-refractivity contribution is -0.274. The molecule has 1 aromatic heterocycles. The lowest BCUT2D eigenvalue weighted by Gasteiger charge is -2.17. The highest BCUT2D eigenvalue weighted by Crippen LogP contribution is 2.31. The number of ether oxygens (including phenoxy) is 1. The van der Waals surface area contributed by atoms with Crippen molar-refractivity contribution >= 4 is 11.3 Å². The minimum atomic E-state index is -4.66. The fourth-order valence-electron chi connectivity index (χ4n) is 2.03. The molecule has 0 bridgehead atoms. The highest BCUT2D eigenvalue weighted by molar-refractivity contribution is 7.09. The van der Waals surface area contributed by atoms with E-state index in [1.807, 2.05) is 5.38 Å². The molecule has 3 rings (SSSR count). The molecule has 0 amide bonds. The standard InChI is InChI=1S/C14H13F3N2OS/c15-14(16,17)20-11-5-1-9(2-6-11)12(19-10-3-4-10)13-18-7-8-21-13/h1-2,5-8,10,12,19H,3-4H2. The number of benzene rings is 1. The Morgan fingerprint density at radius 2 is 1.95 bits per heavy atom. The molecular weight excluding hydrogens is 301 g/mol. The van der Waals surface area contributed by atoms with Gasteiger partial charge in [0.1, 0.15) is 10.8 Å². The van der Waals surface area contributed by atoms with Gasteiger partial charge in [0, 0.05) is 17.6 Å². The van der Waals surface area contributed by atoms with Crippen molar-refractivity contribution in [3.8, 4) is 5.75 Å². The first-order valence-electron chi connectivity index (χ1n) is 6.52. The number of halogens is 3. The van der Waals surface area contributed by atoms with Crippen LogP contribution in [0.15, 0.2) is 35.8 Å². The topological polar surface area (TPSA) is 34.1 Å². The molecule has 1 N–H and O–H groups in total. The molecular formula is C14H13F3N2OS. The zero-order valence-electron chi connectivity index (χ0n) is 10.9. The van der Waals surface area contributed by atoms with Crippen LogP contribution < -0.4 is 10.1 Å². The zero-order chi connectivity index (χ0) is 14.9. The summed E-state index contributed by atoms with van der Waals surface area (Å²) in [5, 5.41) is 6.26.